The van der Waals surface area contributed by atoms with Crippen LogP contribution in [-0.4, -0.2) is 18.2 Å². The van der Waals surface area contributed by atoms with Gasteiger partial charge in [-0.1, -0.05) is 18.4 Å². The largest absolute Gasteiger partial charge is 0.492 e. The van der Waals surface area contributed by atoms with Crippen LogP contribution in [0.5, 0.6) is 0 Å². The number of rotatable bonds is 3. The first-order valence-electron chi connectivity index (χ1n) is 4.28. The van der Waals surface area contributed by atoms with Crippen molar-refractivity contribution in [2.24, 2.45) is 0 Å². The molecule has 1 rings (SSSR count). The van der Waals surface area contributed by atoms with Crippen molar-refractivity contribution in [3.63, 3.8) is 0 Å². The SMILES string of the molecule is O=C(ONNC1CCCC1)C(F)(F)F. The molecule has 1 fully saturated rings. The second kappa shape index (κ2) is 4.61. The highest BCUT2D eigenvalue weighted by Crippen LogP contribution is 2.17. The minimum Gasteiger partial charge on any atom is -0.348 e. The van der Waals surface area contributed by atoms with Gasteiger partial charge in [0.25, 0.3) is 0 Å². The fourth-order valence-electron chi connectivity index (χ4n) is 1.29. The van der Waals surface area contributed by atoms with Gasteiger partial charge < -0.3 is 4.84 Å². The van der Waals surface area contributed by atoms with E-state index in [-0.39, 0.29) is 6.04 Å². The zero-order valence-electron chi connectivity index (χ0n) is 7.36. The molecular formula is C7H11F3N2O2. The molecule has 1 aliphatic carbocycles. The molecule has 0 aliphatic heterocycles. The number of carbonyl (C=O) groups is 1. The molecule has 0 unspecified atom stereocenters. The summed E-state index contributed by atoms with van der Waals surface area (Å²) in [5.74, 6) is -2.25. The van der Waals surface area contributed by atoms with Crippen LogP contribution in [0, 0.1) is 0 Å². The second-order valence-corrected chi connectivity index (χ2v) is 3.12. The molecule has 0 bridgehead atoms. The fraction of sp³-hybridized carbons (Fsp3) is 0.857. The molecule has 0 atom stereocenters. The predicted molar refractivity (Wildman–Crippen MR) is 40.7 cm³/mol. The van der Waals surface area contributed by atoms with Gasteiger partial charge >= 0.3 is 12.1 Å². The van der Waals surface area contributed by atoms with E-state index in [1.807, 2.05) is 5.59 Å². The Bertz CT molecular complexity index is 202. The van der Waals surface area contributed by atoms with Crippen molar-refractivity contribution in [2.45, 2.75) is 37.9 Å². The third-order valence-corrected chi connectivity index (χ3v) is 1.99. The Hall–Kier alpha value is -0.820. The van der Waals surface area contributed by atoms with E-state index >= 15 is 0 Å². The number of alkyl halides is 3. The number of carbonyl (C=O) groups excluding carboxylic acids is 1. The van der Waals surface area contributed by atoms with Crippen molar-refractivity contribution in [1.82, 2.24) is 11.0 Å². The van der Waals surface area contributed by atoms with Gasteiger partial charge in [-0.3, -0.25) is 0 Å². The van der Waals surface area contributed by atoms with Crippen LogP contribution in [-0.2, 0) is 9.63 Å². The van der Waals surface area contributed by atoms with Crippen LogP contribution in [0.25, 0.3) is 0 Å². The summed E-state index contributed by atoms with van der Waals surface area (Å²) in [6.07, 6.45) is -1.14. The van der Waals surface area contributed by atoms with Crippen molar-refractivity contribution in [1.29, 1.82) is 0 Å². The average Bonchev–Trinajstić information content (AvgIpc) is 2.55. The van der Waals surface area contributed by atoms with Gasteiger partial charge in [-0.25, -0.2) is 10.2 Å². The second-order valence-electron chi connectivity index (χ2n) is 3.12. The fourth-order valence-corrected chi connectivity index (χ4v) is 1.29. The van der Waals surface area contributed by atoms with E-state index in [0.717, 1.165) is 25.7 Å². The molecule has 0 radical (unpaired) electrons. The van der Waals surface area contributed by atoms with Crippen molar-refractivity contribution < 1.29 is 22.8 Å². The van der Waals surface area contributed by atoms with Crippen LogP contribution in [0.4, 0.5) is 13.2 Å². The molecule has 0 spiro atoms. The molecule has 1 saturated carbocycles. The van der Waals surface area contributed by atoms with Gasteiger partial charge in [-0.2, -0.15) is 13.2 Å². The Kier molecular flexibility index (Phi) is 3.70. The number of halogens is 3. The van der Waals surface area contributed by atoms with Gasteiger partial charge in [-0.05, 0) is 12.8 Å². The lowest BCUT2D eigenvalue weighted by atomic mass is 10.3. The van der Waals surface area contributed by atoms with Crippen molar-refractivity contribution in [3.8, 4) is 0 Å². The van der Waals surface area contributed by atoms with E-state index < -0.39 is 12.1 Å². The minimum absolute atomic E-state index is 0.0797. The number of hydrazine groups is 1. The summed E-state index contributed by atoms with van der Waals surface area (Å²) in [7, 11) is 0. The first kappa shape index (κ1) is 11.3. The Morgan fingerprint density at radius 2 is 1.86 bits per heavy atom. The maximum absolute atomic E-state index is 11.6. The summed E-state index contributed by atoms with van der Waals surface area (Å²) in [5, 5.41) is 0. The molecule has 7 heteroatoms. The molecule has 0 amide bonds. The van der Waals surface area contributed by atoms with Gasteiger partial charge in [0.1, 0.15) is 0 Å². The van der Waals surface area contributed by atoms with Gasteiger partial charge in [0.05, 0.1) is 0 Å². The third kappa shape index (κ3) is 3.51. The molecule has 2 N–H and O–H groups in total. The summed E-state index contributed by atoms with van der Waals surface area (Å²) in [6.45, 7) is 0. The van der Waals surface area contributed by atoms with E-state index in [1.54, 1.807) is 0 Å². The van der Waals surface area contributed by atoms with Gasteiger partial charge in [-0.15, -0.1) is 0 Å². The summed E-state index contributed by atoms with van der Waals surface area (Å²) >= 11 is 0. The molecule has 14 heavy (non-hydrogen) atoms. The molecule has 0 heterocycles. The normalized spacial score (nSPS) is 18.5. The molecule has 0 aromatic heterocycles. The van der Waals surface area contributed by atoms with Crippen LogP contribution < -0.4 is 11.0 Å². The van der Waals surface area contributed by atoms with E-state index in [0.29, 0.717) is 0 Å². The predicted octanol–water partition coefficient (Wildman–Crippen LogP) is 1.04. The molecule has 1 aliphatic rings. The molecule has 82 valence electrons. The van der Waals surface area contributed by atoms with Crippen LogP contribution in [0.3, 0.4) is 0 Å². The molecule has 0 saturated heterocycles. The highest BCUT2D eigenvalue weighted by molar-refractivity contribution is 5.75. The number of hydrogen-bond acceptors (Lipinski definition) is 4. The van der Waals surface area contributed by atoms with E-state index in [2.05, 4.69) is 10.3 Å². The third-order valence-electron chi connectivity index (χ3n) is 1.99. The molecular weight excluding hydrogens is 201 g/mol. The molecule has 0 aromatic rings. The van der Waals surface area contributed by atoms with Crippen molar-refractivity contribution >= 4 is 5.97 Å². The Balaban J connectivity index is 2.11. The summed E-state index contributed by atoms with van der Waals surface area (Å²) in [5.41, 5.74) is 4.31. The zero-order chi connectivity index (χ0) is 10.6. The highest BCUT2D eigenvalue weighted by Gasteiger charge is 2.41. The first-order valence-corrected chi connectivity index (χ1v) is 4.28. The van der Waals surface area contributed by atoms with Crippen LogP contribution in [0.1, 0.15) is 25.7 Å². The smallest absolute Gasteiger partial charge is 0.348 e. The zero-order valence-corrected chi connectivity index (χ0v) is 7.36. The lowest BCUT2D eigenvalue weighted by Gasteiger charge is -2.12. The maximum atomic E-state index is 11.6. The average molecular weight is 212 g/mol. The van der Waals surface area contributed by atoms with Crippen molar-refractivity contribution in [2.75, 3.05) is 0 Å². The quantitative estimate of drug-likeness (QED) is 0.686. The summed E-state index contributed by atoms with van der Waals surface area (Å²) < 4.78 is 34.8. The number of hydrogen-bond donors (Lipinski definition) is 2. The Labute approximate surface area is 78.7 Å². The van der Waals surface area contributed by atoms with Gasteiger partial charge in [0.15, 0.2) is 0 Å². The van der Waals surface area contributed by atoms with Crippen LogP contribution in [0.15, 0.2) is 0 Å². The van der Waals surface area contributed by atoms with E-state index in [1.165, 1.54) is 0 Å². The first-order chi connectivity index (χ1) is 6.50. The van der Waals surface area contributed by atoms with Crippen LogP contribution in [0.2, 0.25) is 0 Å². The lowest BCUT2D eigenvalue weighted by Crippen LogP contribution is -2.43. The van der Waals surface area contributed by atoms with Gasteiger partial charge in [0.2, 0.25) is 0 Å². The monoisotopic (exact) mass is 212 g/mol. The summed E-state index contributed by atoms with van der Waals surface area (Å²) in [4.78, 5) is 13.9. The van der Waals surface area contributed by atoms with Crippen LogP contribution >= 0.6 is 0 Å². The Morgan fingerprint density at radius 3 is 2.36 bits per heavy atom. The summed E-state index contributed by atoms with van der Waals surface area (Å²) in [6, 6.07) is 0.0797. The Morgan fingerprint density at radius 1 is 1.29 bits per heavy atom. The standard InChI is InChI=1S/C7H11F3N2O2/c8-7(9,10)6(13)14-12-11-5-3-1-2-4-5/h5,11-12H,1-4H2. The minimum atomic E-state index is -4.95. The lowest BCUT2D eigenvalue weighted by molar-refractivity contribution is -0.209. The van der Waals surface area contributed by atoms with E-state index in [4.69, 9.17) is 0 Å². The topological polar surface area (TPSA) is 50.4 Å². The molecule has 0 aromatic carbocycles. The highest BCUT2D eigenvalue weighted by atomic mass is 19.4. The van der Waals surface area contributed by atoms with Gasteiger partial charge in [0, 0.05) is 6.04 Å². The maximum Gasteiger partial charge on any atom is 0.492 e. The van der Waals surface area contributed by atoms with Crippen molar-refractivity contribution in [3.05, 3.63) is 0 Å². The number of nitrogens with one attached hydrogen (secondary N) is 2. The molecule has 4 nitrogen and oxygen atoms in total. The van der Waals surface area contributed by atoms with E-state index in [9.17, 15) is 18.0 Å².